The smallest absolute Gasteiger partial charge is 0.220 e. The first-order chi connectivity index (χ1) is 11.6. The zero-order valence-corrected chi connectivity index (χ0v) is 15.3. The monoisotopic (exact) mass is 332 g/mol. The maximum absolute atomic E-state index is 12.0. The number of carbonyl (C=O) groups is 1. The number of carbonyl (C=O) groups excluding carboxylic acids is 1. The van der Waals surface area contributed by atoms with Crippen LogP contribution in [0.2, 0.25) is 0 Å². The van der Waals surface area contributed by atoms with E-state index in [9.17, 15) is 4.79 Å². The van der Waals surface area contributed by atoms with Gasteiger partial charge in [0.1, 0.15) is 12.4 Å². The average molecular weight is 332 g/mol. The standard InChI is InChI=1S/C20H32N2O2/c1-15(2)17-6-8-19(9-7-17)24-12-11-22-20(23)13-16(3)18-5-4-10-21-14-18/h6-9,15-16,18,21H,4-5,10-14H2,1-3H3,(H,22,23). The minimum Gasteiger partial charge on any atom is -0.492 e. The van der Waals surface area contributed by atoms with Gasteiger partial charge in [-0.15, -0.1) is 0 Å². The Kier molecular flexibility index (Phi) is 7.57. The molecule has 2 rings (SSSR count). The lowest BCUT2D eigenvalue weighted by molar-refractivity contribution is -0.122. The number of hydrogen-bond donors (Lipinski definition) is 2. The maximum Gasteiger partial charge on any atom is 0.220 e. The first-order valence-corrected chi connectivity index (χ1v) is 9.26. The molecule has 4 heteroatoms. The van der Waals surface area contributed by atoms with Crippen LogP contribution in [0.15, 0.2) is 24.3 Å². The predicted molar refractivity (Wildman–Crippen MR) is 98.4 cm³/mol. The van der Waals surface area contributed by atoms with Crippen LogP contribution in [0.1, 0.15) is 51.5 Å². The van der Waals surface area contributed by atoms with Gasteiger partial charge in [0.2, 0.25) is 5.91 Å². The second-order valence-corrected chi connectivity index (χ2v) is 7.21. The van der Waals surface area contributed by atoms with Gasteiger partial charge in [0.25, 0.3) is 0 Å². The third kappa shape index (κ3) is 6.16. The molecular formula is C20H32N2O2. The summed E-state index contributed by atoms with van der Waals surface area (Å²) in [5.41, 5.74) is 1.31. The molecule has 0 saturated carbocycles. The zero-order valence-electron chi connectivity index (χ0n) is 15.3. The van der Waals surface area contributed by atoms with Crippen molar-refractivity contribution in [1.82, 2.24) is 10.6 Å². The van der Waals surface area contributed by atoms with Gasteiger partial charge in [-0.1, -0.05) is 32.9 Å². The van der Waals surface area contributed by atoms with Crippen LogP contribution in [-0.2, 0) is 4.79 Å². The molecule has 1 aromatic carbocycles. The van der Waals surface area contributed by atoms with Crippen molar-refractivity contribution in [2.45, 2.75) is 46.0 Å². The van der Waals surface area contributed by atoms with E-state index in [-0.39, 0.29) is 5.91 Å². The minimum absolute atomic E-state index is 0.131. The van der Waals surface area contributed by atoms with Crippen LogP contribution in [0.3, 0.4) is 0 Å². The van der Waals surface area contributed by atoms with Crippen molar-refractivity contribution in [2.75, 3.05) is 26.2 Å². The van der Waals surface area contributed by atoms with Crippen molar-refractivity contribution < 1.29 is 9.53 Å². The molecule has 0 aliphatic carbocycles. The Bertz CT molecular complexity index is 493. The van der Waals surface area contributed by atoms with Crippen molar-refractivity contribution in [1.29, 1.82) is 0 Å². The Morgan fingerprint density at radius 3 is 2.67 bits per heavy atom. The van der Waals surface area contributed by atoms with Gasteiger partial charge in [0.15, 0.2) is 0 Å². The molecule has 4 nitrogen and oxygen atoms in total. The molecular weight excluding hydrogens is 300 g/mol. The van der Waals surface area contributed by atoms with Gasteiger partial charge in [-0.3, -0.25) is 4.79 Å². The molecule has 1 fully saturated rings. The lowest BCUT2D eigenvalue weighted by Gasteiger charge is -2.28. The molecule has 1 aliphatic rings. The van der Waals surface area contributed by atoms with Gasteiger partial charge >= 0.3 is 0 Å². The molecule has 1 aliphatic heterocycles. The normalized spacial score (nSPS) is 19.1. The van der Waals surface area contributed by atoms with E-state index < -0.39 is 0 Å². The van der Waals surface area contributed by atoms with Gasteiger partial charge in [-0.05, 0) is 61.4 Å². The summed E-state index contributed by atoms with van der Waals surface area (Å²) in [6, 6.07) is 8.18. The molecule has 24 heavy (non-hydrogen) atoms. The third-order valence-electron chi connectivity index (χ3n) is 4.89. The first-order valence-electron chi connectivity index (χ1n) is 9.26. The highest BCUT2D eigenvalue weighted by atomic mass is 16.5. The van der Waals surface area contributed by atoms with Crippen LogP contribution in [0.25, 0.3) is 0 Å². The van der Waals surface area contributed by atoms with Crippen molar-refractivity contribution >= 4 is 5.91 Å². The Hall–Kier alpha value is -1.55. The summed E-state index contributed by atoms with van der Waals surface area (Å²) in [6.07, 6.45) is 3.06. The lowest BCUT2D eigenvalue weighted by atomic mass is 9.85. The van der Waals surface area contributed by atoms with Crippen LogP contribution in [0, 0.1) is 11.8 Å². The second kappa shape index (κ2) is 9.67. The fourth-order valence-corrected chi connectivity index (χ4v) is 3.20. The van der Waals surface area contributed by atoms with Crippen molar-refractivity contribution in [3.8, 4) is 5.75 Å². The fraction of sp³-hybridized carbons (Fsp3) is 0.650. The quantitative estimate of drug-likeness (QED) is 0.718. The van der Waals surface area contributed by atoms with E-state index in [0.717, 1.165) is 18.8 Å². The summed E-state index contributed by atoms with van der Waals surface area (Å²) in [7, 11) is 0. The molecule has 2 atom stereocenters. The van der Waals surface area contributed by atoms with Gasteiger partial charge < -0.3 is 15.4 Å². The topological polar surface area (TPSA) is 50.4 Å². The summed E-state index contributed by atoms with van der Waals surface area (Å²) < 4.78 is 5.69. The SMILES string of the molecule is CC(C)c1ccc(OCCNC(=O)CC(C)C2CCCNC2)cc1. The molecule has 0 radical (unpaired) electrons. The molecule has 134 valence electrons. The first kappa shape index (κ1) is 18.8. The van der Waals surface area contributed by atoms with Crippen LogP contribution < -0.4 is 15.4 Å². The lowest BCUT2D eigenvalue weighted by Crippen LogP contribution is -2.36. The summed E-state index contributed by atoms with van der Waals surface area (Å²) >= 11 is 0. The Labute approximate surface area is 146 Å². The van der Waals surface area contributed by atoms with Crippen LogP contribution in [0.4, 0.5) is 0 Å². The molecule has 1 aromatic rings. The van der Waals surface area contributed by atoms with Crippen LogP contribution in [0.5, 0.6) is 5.75 Å². The Morgan fingerprint density at radius 1 is 1.29 bits per heavy atom. The number of benzene rings is 1. The van der Waals surface area contributed by atoms with Gasteiger partial charge in [0.05, 0.1) is 6.54 Å². The van der Waals surface area contributed by atoms with Crippen molar-refractivity contribution in [3.05, 3.63) is 29.8 Å². The van der Waals surface area contributed by atoms with E-state index in [2.05, 4.69) is 43.5 Å². The molecule has 2 N–H and O–H groups in total. The molecule has 0 bridgehead atoms. The number of hydrogen-bond acceptors (Lipinski definition) is 3. The summed E-state index contributed by atoms with van der Waals surface area (Å²) in [5, 5.41) is 6.39. The van der Waals surface area contributed by atoms with E-state index in [0.29, 0.717) is 37.3 Å². The molecule has 0 aromatic heterocycles. The zero-order chi connectivity index (χ0) is 17.4. The third-order valence-corrected chi connectivity index (χ3v) is 4.89. The Balaban J connectivity index is 1.61. The van der Waals surface area contributed by atoms with E-state index in [4.69, 9.17) is 4.74 Å². The molecule has 1 heterocycles. The van der Waals surface area contributed by atoms with Crippen LogP contribution >= 0.6 is 0 Å². The van der Waals surface area contributed by atoms with E-state index in [1.807, 2.05) is 12.1 Å². The predicted octanol–water partition coefficient (Wildman–Crippen LogP) is 3.33. The highest BCUT2D eigenvalue weighted by molar-refractivity contribution is 5.76. The summed E-state index contributed by atoms with van der Waals surface area (Å²) in [6.45, 7) is 9.76. The van der Waals surface area contributed by atoms with Gasteiger partial charge in [-0.2, -0.15) is 0 Å². The molecule has 1 amide bonds. The summed E-state index contributed by atoms with van der Waals surface area (Å²) in [5.74, 6) is 2.57. The number of piperidine rings is 1. The molecule has 0 spiro atoms. The van der Waals surface area contributed by atoms with E-state index in [1.165, 1.54) is 18.4 Å². The molecule has 2 unspecified atom stereocenters. The average Bonchev–Trinajstić information content (AvgIpc) is 2.60. The van der Waals surface area contributed by atoms with Crippen molar-refractivity contribution in [3.63, 3.8) is 0 Å². The van der Waals surface area contributed by atoms with E-state index >= 15 is 0 Å². The number of amides is 1. The second-order valence-electron chi connectivity index (χ2n) is 7.21. The van der Waals surface area contributed by atoms with Crippen LogP contribution in [-0.4, -0.2) is 32.1 Å². The number of nitrogens with one attached hydrogen (secondary N) is 2. The maximum atomic E-state index is 12.0. The largest absolute Gasteiger partial charge is 0.492 e. The highest BCUT2D eigenvalue weighted by Crippen LogP contribution is 2.22. The fourth-order valence-electron chi connectivity index (χ4n) is 3.20. The Morgan fingerprint density at radius 2 is 2.04 bits per heavy atom. The van der Waals surface area contributed by atoms with Gasteiger partial charge in [-0.25, -0.2) is 0 Å². The highest BCUT2D eigenvalue weighted by Gasteiger charge is 2.21. The van der Waals surface area contributed by atoms with Crippen molar-refractivity contribution in [2.24, 2.45) is 11.8 Å². The molecule has 1 saturated heterocycles. The van der Waals surface area contributed by atoms with Gasteiger partial charge in [0, 0.05) is 6.42 Å². The number of ether oxygens (including phenoxy) is 1. The van der Waals surface area contributed by atoms with E-state index in [1.54, 1.807) is 0 Å². The summed E-state index contributed by atoms with van der Waals surface area (Å²) in [4.78, 5) is 12.0. The minimum atomic E-state index is 0.131. The number of rotatable bonds is 8.